The first kappa shape index (κ1) is 19.4. The van der Waals surface area contributed by atoms with Crippen molar-refractivity contribution in [3.05, 3.63) is 65.5 Å². The first-order chi connectivity index (χ1) is 12.4. The quantitative estimate of drug-likeness (QED) is 0.798. The third-order valence-corrected chi connectivity index (χ3v) is 4.02. The van der Waals surface area contributed by atoms with Gasteiger partial charge >= 0.3 is 0 Å². The number of ether oxygens (including phenoxy) is 1. The Morgan fingerprint density at radius 2 is 1.77 bits per heavy atom. The second-order valence-electron chi connectivity index (χ2n) is 6.05. The number of benzene rings is 2. The molecular formula is C20H23FN2O3. The van der Waals surface area contributed by atoms with Crippen LogP contribution in [0.4, 0.5) is 4.39 Å². The Kier molecular flexibility index (Phi) is 6.72. The Bertz CT molecular complexity index is 765. The Hall–Kier alpha value is -2.89. The summed E-state index contributed by atoms with van der Waals surface area (Å²) in [6, 6.07) is 13.1. The lowest BCUT2D eigenvalue weighted by Gasteiger charge is -2.20. The fraction of sp³-hybridized carbons (Fsp3) is 0.300. The zero-order chi connectivity index (χ0) is 19.1. The molecular weight excluding hydrogens is 335 g/mol. The number of rotatable bonds is 7. The van der Waals surface area contributed by atoms with Crippen LogP contribution in [-0.4, -0.2) is 18.9 Å². The molecule has 5 nitrogen and oxygen atoms in total. The van der Waals surface area contributed by atoms with Crippen LogP contribution in [0.3, 0.4) is 0 Å². The number of methoxy groups -OCH3 is 1. The molecule has 0 aliphatic heterocycles. The summed E-state index contributed by atoms with van der Waals surface area (Å²) < 4.78 is 18.7. The van der Waals surface area contributed by atoms with Crippen LogP contribution in [-0.2, 0) is 9.59 Å². The third kappa shape index (κ3) is 5.31. The maximum absolute atomic E-state index is 13.8. The van der Waals surface area contributed by atoms with Gasteiger partial charge in [0.1, 0.15) is 0 Å². The molecule has 2 aromatic carbocycles. The first-order valence-corrected chi connectivity index (χ1v) is 8.35. The predicted octanol–water partition coefficient (Wildman–Crippen LogP) is 3.28. The van der Waals surface area contributed by atoms with Crippen LogP contribution in [0.25, 0.3) is 0 Å². The van der Waals surface area contributed by atoms with Crippen molar-refractivity contribution in [2.75, 3.05) is 7.11 Å². The maximum atomic E-state index is 13.8. The van der Waals surface area contributed by atoms with Crippen LogP contribution in [0.5, 0.6) is 5.75 Å². The van der Waals surface area contributed by atoms with Gasteiger partial charge in [-0.25, -0.2) is 4.39 Å². The fourth-order valence-electron chi connectivity index (χ4n) is 2.70. The minimum Gasteiger partial charge on any atom is -0.494 e. The number of hydrogen-bond acceptors (Lipinski definition) is 3. The minimum atomic E-state index is -0.480. The molecule has 2 rings (SSSR count). The van der Waals surface area contributed by atoms with Crippen molar-refractivity contribution >= 4 is 11.8 Å². The van der Waals surface area contributed by atoms with Crippen LogP contribution in [0.2, 0.25) is 0 Å². The highest BCUT2D eigenvalue weighted by atomic mass is 19.1. The van der Waals surface area contributed by atoms with E-state index in [1.165, 1.54) is 26.2 Å². The standard InChI is InChI=1S/C20H23FN2O3/c1-13(16-9-10-19(26-3)17(21)11-16)22-20(25)12-18(23-14(2)24)15-7-5-4-6-8-15/h4-11,13,18H,12H2,1-3H3,(H,22,25)(H,23,24)/t13-,18+/m1/s1. The Morgan fingerprint density at radius 3 is 2.35 bits per heavy atom. The van der Waals surface area contributed by atoms with Gasteiger partial charge in [-0.3, -0.25) is 9.59 Å². The molecule has 26 heavy (non-hydrogen) atoms. The number of amides is 2. The number of hydrogen-bond donors (Lipinski definition) is 2. The van der Waals surface area contributed by atoms with Gasteiger partial charge in [0.25, 0.3) is 0 Å². The van der Waals surface area contributed by atoms with E-state index in [1.54, 1.807) is 13.0 Å². The molecule has 0 aromatic heterocycles. The third-order valence-electron chi connectivity index (χ3n) is 4.02. The molecule has 0 aliphatic rings. The van der Waals surface area contributed by atoms with Crippen LogP contribution in [0.15, 0.2) is 48.5 Å². The molecule has 6 heteroatoms. The first-order valence-electron chi connectivity index (χ1n) is 8.35. The molecule has 2 amide bonds. The number of nitrogens with one attached hydrogen (secondary N) is 2. The van der Waals surface area contributed by atoms with Crippen molar-refractivity contribution in [3.63, 3.8) is 0 Å². The molecule has 2 N–H and O–H groups in total. The van der Waals surface area contributed by atoms with Crippen molar-refractivity contribution < 1.29 is 18.7 Å². The lowest BCUT2D eigenvalue weighted by molar-refractivity contribution is -0.123. The Morgan fingerprint density at radius 1 is 1.08 bits per heavy atom. The average Bonchev–Trinajstić information content (AvgIpc) is 2.61. The van der Waals surface area contributed by atoms with Gasteiger partial charge in [-0.1, -0.05) is 36.4 Å². The van der Waals surface area contributed by atoms with E-state index < -0.39 is 11.9 Å². The summed E-state index contributed by atoms with van der Waals surface area (Å²) in [5, 5.41) is 5.62. The van der Waals surface area contributed by atoms with Crippen LogP contribution < -0.4 is 15.4 Å². The smallest absolute Gasteiger partial charge is 0.222 e. The van der Waals surface area contributed by atoms with Gasteiger partial charge in [0.05, 0.1) is 25.6 Å². The summed E-state index contributed by atoms with van der Waals surface area (Å²) in [7, 11) is 1.40. The highest BCUT2D eigenvalue weighted by Crippen LogP contribution is 2.22. The van der Waals surface area contributed by atoms with Crippen molar-refractivity contribution in [2.45, 2.75) is 32.4 Å². The highest BCUT2D eigenvalue weighted by Gasteiger charge is 2.19. The summed E-state index contributed by atoms with van der Waals surface area (Å²) >= 11 is 0. The van der Waals surface area contributed by atoms with Gasteiger partial charge in [0.15, 0.2) is 11.6 Å². The Labute approximate surface area is 152 Å². The van der Waals surface area contributed by atoms with E-state index in [1.807, 2.05) is 30.3 Å². The molecule has 0 fully saturated rings. The molecule has 0 saturated heterocycles. The van der Waals surface area contributed by atoms with Crippen LogP contribution >= 0.6 is 0 Å². The van der Waals surface area contributed by atoms with Crippen molar-refractivity contribution in [1.29, 1.82) is 0 Å². The maximum Gasteiger partial charge on any atom is 0.222 e. The van der Waals surface area contributed by atoms with Gasteiger partial charge in [0.2, 0.25) is 11.8 Å². The largest absolute Gasteiger partial charge is 0.494 e. The van der Waals surface area contributed by atoms with Crippen LogP contribution in [0.1, 0.15) is 43.5 Å². The van der Waals surface area contributed by atoms with Gasteiger partial charge in [-0.05, 0) is 30.2 Å². The van der Waals surface area contributed by atoms with Gasteiger partial charge in [-0.15, -0.1) is 0 Å². The summed E-state index contributed by atoms with van der Waals surface area (Å²) in [5.74, 6) is -0.776. The van der Waals surface area contributed by atoms with Gasteiger partial charge in [-0.2, -0.15) is 0 Å². The second-order valence-corrected chi connectivity index (χ2v) is 6.05. The second kappa shape index (κ2) is 8.99. The lowest BCUT2D eigenvalue weighted by atomic mass is 10.0. The topological polar surface area (TPSA) is 67.4 Å². The van der Waals surface area contributed by atoms with Gasteiger partial charge < -0.3 is 15.4 Å². The summed E-state index contributed by atoms with van der Waals surface area (Å²) in [6.45, 7) is 3.19. The molecule has 0 aliphatic carbocycles. The number of halogens is 1. The van der Waals surface area contributed by atoms with Crippen molar-refractivity contribution in [2.24, 2.45) is 0 Å². The van der Waals surface area contributed by atoms with E-state index in [-0.39, 0.29) is 30.0 Å². The Balaban J connectivity index is 2.05. The summed E-state index contributed by atoms with van der Waals surface area (Å²) in [5.41, 5.74) is 1.48. The van der Waals surface area contributed by atoms with E-state index in [9.17, 15) is 14.0 Å². The summed E-state index contributed by atoms with van der Waals surface area (Å²) in [6.07, 6.45) is 0.0899. The van der Waals surface area contributed by atoms with E-state index in [0.29, 0.717) is 5.56 Å². The monoisotopic (exact) mass is 358 g/mol. The van der Waals surface area contributed by atoms with E-state index in [4.69, 9.17) is 4.74 Å². The number of carbonyl (C=O) groups is 2. The van der Waals surface area contributed by atoms with E-state index in [0.717, 1.165) is 5.56 Å². The molecule has 2 atom stereocenters. The average molecular weight is 358 g/mol. The zero-order valence-electron chi connectivity index (χ0n) is 15.1. The fourth-order valence-corrected chi connectivity index (χ4v) is 2.70. The summed E-state index contributed by atoms with van der Waals surface area (Å²) in [4.78, 5) is 23.9. The molecule has 0 radical (unpaired) electrons. The van der Waals surface area contributed by atoms with Crippen LogP contribution in [0, 0.1) is 5.82 Å². The van der Waals surface area contributed by atoms with E-state index in [2.05, 4.69) is 10.6 Å². The van der Waals surface area contributed by atoms with Crippen molar-refractivity contribution in [3.8, 4) is 5.75 Å². The molecule has 2 aromatic rings. The normalized spacial score (nSPS) is 12.8. The highest BCUT2D eigenvalue weighted by molar-refractivity contribution is 5.79. The van der Waals surface area contributed by atoms with Crippen molar-refractivity contribution in [1.82, 2.24) is 10.6 Å². The molecule has 0 saturated carbocycles. The number of carbonyl (C=O) groups excluding carboxylic acids is 2. The van der Waals surface area contributed by atoms with E-state index >= 15 is 0 Å². The molecule has 0 unspecified atom stereocenters. The SMILES string of the molecule is COc1ccc([C@@H](C)NC(=O)C[C@H](NC(C)=O)c2ccccc2)cc1F. The van der Waals surface area contributed by atoms with Gasteiger partial charge in [0, 0.05) is 6.92 Å². The molecule has 0 spiro atoms. The predicted molar refractivity (Wildman–Crippen MR) is 97.1 cm³/mol. The zero-order valence-corrected chi connectivity index (χ0v) is 15.1. The molecule has 0 heterocycles. The molecule has 138 valence electrons. The minimum absolute atomic E-state index is 0.0899. The molecule has 0 bridgehead atoms. The lowest BCUT2D eigenvalue weighted by Crippen LogP contribution is -2.33.